The van der Waals surface area contributed by atoms with E-state index in [1.54, 1.807) is 0 Å². The van der Waals surface area contributed by atoms with Crippen molar-refractivity contribution in [3.05, 3.63) is 0 Å². The minimum atomic E-state index is -0.587. The summed E-state index contributed by atoms with van der Waals surface area (Å²) in [7, 11) is 0. The van der Waals surface area contributed by atoms with E-state index in [0.29, 0.717) is 31.6 Å². The summed E-state index contributed by atoms with van der Waals surface area (Å²) in [6, 6.07) is 0. The molecule has 1 heterocycles. The first-order valence-corrected chi connectivity index (χ1v) is 5.52. The Kier molecular flexibility index (Phi) is 4.27. The summed E-state index contributed by atoms with van der Waals surface area (Å²) in [6.07, 6.45) is 1.54. The fourth-order valence-corrected chi connectivity index (χ4v) is 1.83. The first-order chi connectivity index (χ1) is 7.00. The molecule has 4 nitrogen and oxygen atoms in total. The molecule has 1 saturated heterocycles. The second-order valence-corrected chi connectivity index (χ2v) is 4.54. The maximum Gasteiger partial charge on any atom is 0.229 e. The molecule has 86 valence electrons. The number of nitrogens with zero attached hydrogens (tertiary/aromatic N) is 1. The van der Waals surface area contributed by atoms with Crippen LogP contribution in [-0.4, -0.2) is 34.5 Å². The van der Waals surface area contributed by atoms with Gasteiger partial charge >= 0.3 is 0 Å². The third-order valence-electron chi connectivity index (χ3n) is 2.52. The maximum absolute atomic E-state index is 11.4. The van der Waals surface area contributed by atoms with E-state index < -0.39 is 6.10 Å². The molecule has 4 heteroatoms. The summed E-state index contributed by atoms with van der Waals surface area (Å²) >= 11 is 0. The predicted molar refractivity (Wildman–Crippen MR) is 56.0 cm³/mol. The molecule has 1 N–H and O–H groups in total. The van der Waals surface area contributed by atoms with Crippen LogP contribution in [0.25, 0.3) is 0 Å². The van der Waals surface area contributed by atoms with Crippen LogP contribution < -0.4 is 0 Å². The molecular weight excluding hydrogens is 194 g/mol. The van der Waals surface area contributed by atoms with Crippen molar-refractivity contribution in [2.24, 2.45) is 5.92 Å². The standard InChI is InChI=1S/C11H19NO3/c1-8(2)6-9(13)7-12-10(14)4-3-5-11(12)15/h8-9,13H,3-7H2,1-2H3. The molecular formula is C11H19NO3. The van der Waals surface area contributed by atoms with Gasteiger partial charge in [-0.3, -0.25) is 14.5 Å². The molecule has 1 aliphatic rings. The Morgan fingerprint density at radius 2 is 1.80 bits per heavy atom. The van der Waals surface area contributed by atoms with Gasteiger partial charge in [0.1, 0.15) is 0 Å². The van der Waals surface area contributed by atoms with Gasteiger partial charge in [0, 0.05) is 12.8 Å². The van der Waals surface area contributed by atoms with E-state index in [0.717, 1.165) is 0 Å². The van der Waals surface area contributed by atoms with Crippen molar-refractivity contribution in [3.8, 4) is 0 Å². The van der Waals surface area contributed by atoms with Crippen LogP contribution in [0.5, 0.6) is 0 Å². The SMILES string of the molecule is CC(C)CC(O)CN1C(=O)CCCC1=O. The smallest absolute Gasteiger partial charge is 0.229 e. The number of hydrogen-bond acceptors (Lipinski definition) is 3. The lowest BCUT2D eigenvalue weighted by atomic mass is 10.0. The van der Waals surface area contributed by atoms with Crippen LogP contribution in [-0.2, 0) is 9.59 Å². The van der Waals surface area contributed by atoms with Crippen molar-refractivity contribution in [3.63, 3.8) is 0 Å². The van der Waals surface area contributed by atoms with Gasteiger partial charge in [-0.2, -0.15) is 0 Å². The number of β-amino-alcohol motifs (C(OH)–C–C–N with tert-alkyl or cyclic N) is 1. The van der Waals surface area contributed by atoms with E-state index in [1.165, 1.54) is 4.90 Å². The van der Waals surface area contributed by atoms with E-state index >= 15 is 0 Å². The van der Waals surface area contributed by atoms with Gasteiger partial charge in [-0.25, -0.2) is 0 Å². The van der Waals surface area contributed by atoms with Crippen molar-refractivity contribution < 1.29 is 14.7 Å². The summed E-state index contributed by atoms with van der Waals surface area (Å²) in [6.45, 7) is 4.17. The van der Waals surface area contributed by atoms with Gasteiger partial charge in [-0.1, -0.05) is 13.8 Å². The highest BCUT2D eigenvalue weighted by Crippen LogP contribution is 2.14. The monoisotopic (exact) mass is 213 g/mol. The Morgan fingerprint density at radius 1 is 1.27 bits per heavy atom. The third kappa shape index (κ3) is 3.63. The quantitative estimate of drug-likeness (QED) is 0.707. The zero-order valence-electron chi connectivity index (χ0n) is 9.40. The van der Waals surface area contributed by atoms with Crippen molar-refractivity contribution in [2.75, 3.05) is 6.54 Å². The molecule has 0 aromatic carbocycles. The van der Waals surface area contributed by atoms with Crippen LogP contribution in [0, 0.1) is 5.92 Å². The largest absolute Gasteiger partial charge is 0.391 e. The molecule has 0 spiro atoms. The van der Waals surface area contributed by atoms with Gasteiger partial charge in [0.25, 0.3) is 0 Å². The minimum Gasteiger partial charge on any atom is -0.391 e. The Morgan fingerprint density at radius 3 is 2.27 bits per heavy atom. The average Bonchev–Trinajstić information content (AvgIpc) is 2.10. The Hall–Kier alpha value is -0.900. The van der Waals surface area contributed by atoms with Crippen LogP contribution in [0.2, 0.25) is 0 Å². The summed E-state index contributed by atoms with van der Waals surface area (Å²) in [4.78, 5) is 24.0. The number of rotatable bonds is 4. The molecule has 1 fully saturated rings. The summed E-state index contributed by atoms with van der Waals surface area (Å²) < 4.78 is 0. The number of hydrogen-bond donors (Lipinski definition) is 1. The summed E-state index contributed by atoms with van der Waals surface area (Å²) in [5, 5.41) is 9.66. The van der Waals surface area contributed by atoms with Crippen molar-refractivity contribution in [1.29, 1.82) is 0 Å². The van der Waals surface area contributed by atoms with E-state index in [4.69, 9.17) is 0 Å². The molecule has 0 saturated carbocycles. The zero-order chi connectivity index (χ0) is 11.4. The predicted octanol–water partition coefficient (Wildman–Crippen LogP) is 0.933. The van der Waals surface area contributed by atoms with Gasteiger partial charge in [-0.05, 0) is 18.8 Å². The van der Waals surface area contributed by atoms with E-state index in [9.17, 15) is 14.7 Å². The van der Waals surface area contributed by atoms with Crippen LogP contribution in [0.15, 0.2) is 0 Å². The van der Waals surface area contributed by atoms with Crippen molar-refractivity contribution >= 4 is 11.8 Å². The second-order valence-electron chi connectivity index (χ2n) is 4.54. The Bertz CT molecular complexity index is 234. The van der Waals surface area contributed by atoms with Crippen molar-refractivity contribution in [1.82, 2.24) is 4.90 Å². The lowest BCUT2D eigenvalue weighted by Gasteiger charge is -2.27. The lowest BCUT2D eigenvalue weighted by molar-refractivity contribution is -0.149. The van der Waals surface area contributed by atoms with Gasteiger partial charge in [0.15, 0.2) is 0 Å². The van der Waals surface area contributed by atoms with Crippen LogP contribution in [0.4, 0.5) is 0 Å². The molecule has 0 bridgehead atoms. The van der Waals surface area contributed by atoms with E-state index in [2.05, 4.69) is 0 Å². The summed E-state index contributed by atoms with van der Waals surface area (Å²) in [5.74, 6) is 0.0816. The zero-order valence-corrected chi connectivity index (χ0v) is 9.40. The number of carbonyl (C=O) groups excluding carboxylic acids is 2. The number of piperidine rings is 1. The lowest BCUT2D eigenvalue weighted by Crippen LogP contribution is -2.44. The number of carbonyl (C=O) groups is 2. The summed E-state index contributed by atoms with van der Waals surface area (Å²) in [5.41, 5.74) is 0. The normalized spacial score (nSPS) is 19.9. The minimum absolute atomic E-state index is 0.144. The first-order valence-electron chi connectivity index (χ1n) is 5.52. The topological polar surface area (TPSA) is 57.6 Å². The van der Waals surface area contributed by atoms with Crippen LogP contribution in [0.1, 0.15) is 39.5 Å². The number of aliphatic hydroxyl groups is 1. The Balaban J connectivity index is 2.47. The molecule has 1 atom stereocenters. The third-order valence-corrected chi connectivity index (χ3v) is 2.52. The molecule has 0 aromatic rings. The maximum atomic E-state index is 11.4. The van der Waals surface area contributed by atoms with Crippen LogP contribution >= 0.6 is 0 Å². The van der Waals surface area contributed by atoms with Gasteiger partial charge in [0.2, 0.25) is 11.8 Å². The number of aliphatic hydroxyl groups excluding tert-OH is 1. The Labute approximate surface area is 90.3 Å². The number of imide groups is 1. The second kappa shape index (κ2) is 5.26. The van der Waals surface area contributed by atoms with Gasteiger partial charge in [0.05, 0.1) is 12.6 Å². The molecule has 1 aliphatic heterocycles. The fourth-order valence-electron chi connectivity index (χ4n) is 1.83. The highest BCUT2D eigenvalue weighted by molar-refractivity contribution is 5.97. The van der Waals surface area contributed by atoms with E-state index in [-0.39, 0.29) is 18.4 Å². The molecule has 0 aromatic heterocycles. The fraction of sp³-hybridized carbons (Fsp3) is 0.818. The number of likely N-dealkylation sites (tertiary alicyclic amines) is 1. The van der Waals surface area contributed by atoms with Crippen LogP contribution in [0.3, 0.4) is 0 Å². The number of amides is 2. The highest BCUT2D eigenvalue weighted by Gasteiger charge is 2.27. The van der Waals surface area contributed by atoms with Gasteiger partial charge < -0.3 is 5.11 Å². The molecule has 1 rings (SSSR count). The molecule has 15 heavy (non-hydrogen) atoms. The molecule has 1 unspecified atom stereocenters. The highest BCUT2D eigenvalue weighted by atomic mass is 16.3. The van der Waals surface area contributed by atoms with Crippen molar-refractivity contribution in [2.45, 2.75) is 45.6 Å². The average molecular weight is 213 g/mol. The first kappa shape index (κ1) is 12.2. The molecule has 0 radical (unpaired) electrons. The van der Waals surface area contributed by atoms with Gasteiger partial charge in [-0.15, -0.1) is 0 Å². The molecule has 2 amide bonds. The van der Waals surface area contributed by atoms with E-state index in [1.807, 2.05) is 13.8 Å². The molecule has 0 aliphatic carbocycles.